The van der Waals surface area contributed by atoms with E-state index in [1.54, 1.807) is 41.5 Å². The third-order valence-electron chi connectivity index (χ3n) is 14.9. The van der Waals surface area contributed by atoms with Gasteiger partial charge in [0.1, 0.15) is 36.0 Å². The predicted octanol–water partition coefficient (Wildman–Crippen LogP) is 7.07. The summed E-state index contributed by atoms with van der Waals surface area (Å²) in [6, 6.07) is 20.5. The maximum Gasteiger partial charge on any atom is 0.254 e. The second-order valence-corrected chi connectivity index (χ2v) is 20.7. The summed E-state index contributed by atoms with van der Waals surface area (Å²) in [4.78, 5) is 45.6. The van der Waals surface area contributed by atoms with E-state index in [-0.39, 0.29) is 54.9 Å². The summed E-state index contributed by atoms with van der Waals surface area (Å²) in [6.07, 6.45) is 9.18. The number of carbonyl (C=O) groups is 2. The number of phenols is 1. The summed E-state index contributed by atoms with van der Waals surface area (Å²) < 4.78 is 30.0. The lowest BCUT2D eigenvalue weighted by molar-refractivity contribution is -0.138. The van der Waals surface area contributed by atoms with E-state index in [4.69, 9.17) is 29.2 Å². The number of para-hydroxylation sites is 1. The number of nitrogens with two attached hydrogens (primary N) is 1. The molecule has 0 spiro atoms. The number of aryl methyl sites for hydroxylation is 1. The minimum Gasteiger partial charge on any atom is -0.507 e. The molecule has 4 aliphatic rings. The van der Waals surface area contributed by atoms with Crippen molar-refractivity contribution in [3.05, 3.63) is 95.5 Å². The van der Waals surface area contributed by atoms with Crippen molar-refractivity contribution in [3.8, 4) is 45.0 Å². The number of methoxy groups -OCH3 is 1. The molecule has 3 aliphatic heterocycles. The molecule has 0 bridgehead atoms. The fourth-order valence-corrected chi connectivity index (χ4v) is 11.6. The average Bonchev–Trinajstić information content (AvgIpc) is 4.20. The maximum absolute atomic E-state index is 13.4. The highest BCUT2D eigenvalue weighted by Gasteiger charge is 2.37. The quantitative estimate of drug-likeness (QED) is 0.0696. The molecule has 3 saturated heterocycles. The Hall–Kier alpha value is -7.03. The Labute approximate surface area is 441 Å². The molecule has 2 atom stereocenters. The van der Waals surface area contributed by atoms with Gasteiger partial charge in [0.05, 0.1) is 53.2 Å². The highest BCUT2D eigenvalue weighted by Crippen LogP contribution is 2.36. The molecule has 10 rings (SSSR count). The number of anilines is 3. The molecule has 2 unspecified atom stereocenters. The molecular weight excluding hydrogens is 975 g/mol. The molecule has 75 heavy (non-hydrogen) atoms. The maximum atomic E-state index is 13.4. The van der Waals surface area contributed by atoms with Crippen LogP contribution < -0.4 is 35.1 Å². The van der Waals surface area contributed by atoms with Gasteiger partial charge in [0, 0.05) is 106 Å². The zero-order valence-corrected chi connectivity index (χ0v) is 43.8. The number of phenolic OH excluding ortho intramolecular Hbond substituents is 1. The molecule has 7 heterocycles. The van der Waals surface area contributed by atoms with E-state index in [0.717, 1.165) is 117 Å². The van der Waals surface area contributed by atoms with Crippen LogP contribution in [-0.2, 0) is 27.3 Å². The first-order valence-electron chi connectivity index (χ1n) is 26.3. The second-order valence-electron chi connectivity index (χ2n) is 19.9. The molecule has 1 aliphatic carbocycles. The molecule has 6 aromatic rings. The van der Waals surface area contributed by atoms with Crippen LogP contribution in [0, 0.1) is 6.92 Å². The minimum absolute atomic E-state index is 0.00866. The number of likely N-dealkylation sites (tertiary alicyclic amines) is 2. The van der Waals surface area contributed by atoms with Crippen LogP contribution in [0.4, 0.5) is 17.2 Å². The van der Waals surface area contributed by atoms with Crippen molar-refractivity contribution in [3.63, 3.8) is 0 Å². The number of hydrogen-bond donors (Lipinski definition) is 3. The number of piperazine rings is 1. The molecule has 1 saturated carbocycles. The standard InChI is InChI=1S/C55H67N11O8S/c1-4-8-39-33-64(47-31-45(60-61-54(47)56)44-9-5-6-11-48(44)67)21-22-65(39)38-14-17-57-50(26-38)73-42-27-41(28-42)72-40-15-19-63(20-16-40)23-24-71-51-29-43(74-62-51)30-52(68)66-18-7-10-46(66)55(69)58-32-37-13-12-36(25-49(37)70-3)53-35(2)59-34-75-53/h5-6,9,11-14,17,25-26,29,31,34,39-42,46,67H,4,7-8,10,15-16,18-24,27-28,30,32-33H2,1-3H3,(H2,56,61)(H,58,69). The molecule has 4 fully saturated rings. The number of hydrogen-bond acceptors (Lipinski definition) is 18. The summed E-state index contributed by atoms with van der Waals surface area (Å²) in [5.41, 5.74) is 14.2. The number of aromatic hydroxyl groups is 1. The lowest BCUT2D eigenvalue weighted by atomic mass is 9.91. The Morgan fingerprint density at radius 1 is 0.933 bits per heavy atom. The zero-order chi connectivity index (χ0) is 51.8. The molecule has 4 aromatic heterocycles. The molecule has 4 N–H and O–H groups in total. The van der Waals surface area contributed by atoms with Crippen molar-refractivity contribution < 1.29 is 38.2 Å². The monoisotopic (exact) mass is 1040 g/mol. The number of thiazole rings is 1. The molecule has 2 aromatic carbocycles. The van der Waals surface area contributed by atoms with Crippen LogP contribution in [0.15, 0.2) is 83.0 Å². The Morgan fingerprint density at radius 2 is 1.79 bits per heavy atom. The van der Waals surface area contributed by atoms with Gasteiger partial charge in [-0.3, -0.25) is 14.5 Å². The first-order valence-corrected chi connectivity index (χ1v) is 27.1. The van der Waals surface area contributed by atoms with Crippen LogP contribution in [0.1, 0.15) is 75.3 Å². The second kappa shape index (κ2) is 23.7. The Bertz CT molecular complexity index is 2900. The normalized spacial score (nSPS) is 20.2. The average molecular weight is 1040 g/mol. The number of ether oxygens (including phenoxy) is 4. The number of carbonyl (C=O) groups excluding carboxylic acids is 2. The van der Waals surface area contributed by atoms with E-state index >= 15 is 0 Å². The third kappa shape index (κ3) is 12.2. The molecule has 2 amide bonds. The fourth-order valence-electron chi connectivity index (χ4n) is 10.8. The van der Waals surface area contributed by atoms with Crippen molar-refractivity contribution in [2.24, 2.45) is 0 Å². The molecule has 0 radical (unpaired) electrons. The number of aromatic nitrogens is 5. The van der Waals surface area contributed by atoms with E-state index < -0.39 is 6.04 Å². The van der Waals surface area contributed by atoms with Crippen LogP contribution >= 0.6 is 11.3 Å². The van der Waals surface area contributed by atoms with Crippen molar-refractivity contribution in [1.82, 2.24) is 40.4 Å². The number of pyridine rings is 1. The highest BCUT2D eigenvalue weighted by atomic mass is 32.1. The number of nitrogens with one attached hydrogen (secondary N) is 1. The van der Waals surface area contributed by atoms with Gasteiger partial charge >= 0.3 is 0 Å². The first-order chi connectivity index (χ1) is 36.6. The van der Waals surface area contributed by atoms with Gasteiger partial charge in [0.25, 0.3) is 5.88 Å². The summed E-state index contributed by atoms with van der Waals surface area (Å²) >= 11 is 1.58. The first kappa shape index (κ1) is 51.5. The highest BCUT2D eigenvalue weighted by molar-refractivity contribution is 7.13. The number of piperidine rings is 1. The Balaban J connectivity index is 0.617. The van der Waals surface area contributed by atoms with Crippen molar-refractivity contribution >= 4 is 40.3 Å². The molecule has 20 heteroatoms. The number of amides is 2. The Kier molecular flexibility index (Phi) is 16.2. The van der Waals surface area contributed by atoms with Crippen molar-refractivity contribution in [2.75, 3.05) is 75.1 Å². The van der Waals surface area contributed by atoms with E-state index in [0.29, 0.717) is 59.9 Å². The van der Waals surface area contributed by atoms with Gasteiger partial charge in [-0.2, -0.15) is 0 Å². The topological polar surface area (TPSA) is 220 Å². The summed E-state index contributed by atoms with van der Waals surface area (Å²) in [7, 11) is 1.62. The van der Waals surface area contributed by atoms with Gasteiger partial charge in [-0.05, 0) is 80.1 Å². The number of rotatable bonds is 20. The van der Waals surface area contributed by atoms with Crippen molar-refractivity contribution in [2.45, 2.75) is 109 Å². The van der Waals surface area contributed by atoms with Crippen LogP contribution in [0.5, 0.6) is 23.3 Å². The number of nitrogens with zero attached hydrogens (tertiary/aromatic N) is 9. The summed E-state index contributed by atoms with van der Waals surface area (Å²) in [6.45, 7) is 10.3. The molecule has 19 nitrogen and oxygen atoms in total. The van der Waals surface area contributed by atoms with Crippen LogP contribution in [0.2, 0.25) is 0 Å². The Morgan fingerprint density at radius 3 is 2.59 bits per heavy atom. The van der Waals surface area contributed by atoms with Gasteiger partial charge < -0.3 is 54.3 Å². The van der Waals surface area contributed by atoms with Gasteiger partial charge in [-0.1, -0.05) is 37.6 Å². The third-order valence-corrected chi connectivity index (χ3v) is 15.9. The molecular formula is C55H67N11O8S. The lowest BCUT2D eigenvalue weighted by Crippen LogP contribution is -2.53. The van der Waals surface area contributed by atoms with E-state index in [1.807, 2.05) is 55.0 Å². The largest absolute Gasteiger partial charge is 0.507 e. The molecule has 396 valence electrons. The summed E-state index contributed by atoms with van der Waals surface area (Å²) in [5, 5.41) is 26.1. The van der Waals surface area contributed by atoms with Crippen LogP contribution in [-0.4, -0.2) is 142 Å². The number of benzene rings is 2. The minimum atomic E-state index is -0.560. The number of nitrogen functional groups attached to an aromatic ring is 1. The van der Waals surface area contributed by atoms with Gasteiger partial charge in [-0.15, -0.1) is 21.5 Å². The summed E-state index contributed by atoms with van der Waals surface area (Å²) in [5.74, 6) is 2.19. The van der Waals surface area contributed by atoms with E-state index in [9.17, 15) is 14.7 Å². The predicted molar refractivity (Wildman–Crippen MR) is 285 cm³/mol. The smallest absolute Gasteiger partial charge is 0.254 e. The lowest BCUT2D eigenvalue weighted by Gasteiger charge is -2.44. The van der Waals surface area contributed by atoms with E-state index in [1.165, 1.54) is 0 Å². The van der Waals surface area contributed by atoms with Gasteiger partial charge in [0.15, 0.2) is 5.82 Å². The van der Waals surface area contributed by atoms with Crippen LogP contribution in [0.3, 0.4) is 0 Å². The van der Waals surface area contributed by atoms with Gasteiger partial charge in [0.2, 0.25) is 17.7 Å². The zero-order valence-electron chi connectivity index (χ0n) is 42.9. The van der Waals surface area contributed by atoms with E-state index in [2.05, 4.69) is 64.4 Å². The van der Waals surface area contributed by atoms with Crippen molar-refractivity contribution in [1.29, 1.82) is 0 Å². The van der Waals surface area contributed by atoms with Gasteiger partial charge in [-0.25, -0.2) is 9.97 Å². The SMILES string of the molecule is CCCC1CN(c2cc(-c3ccccc3O)nnc2N)CCN1c1ccnc(OC2CC(OC3CCN(CCOc4cc(CC(=O)N5CCCC5C(=O)NCc5ccc(-c6scnc6C)cc5OC)on4)CC3)C2)c1. The van der Waals surface area contributed by atoms with Crippen LogP contribution in [0.25, 0.3) is 21.7 Å². The fraction of sp³-hybridized carbons (Fsp3) is 0.473.